The molecule has 0 aliphatic heterocycles. The number of aryl methyl sites for hydroxylation is 1. The standard InChI is InChI=1S/C11H10F3N3O/c1-5-2-9(18-17-5)7-3-6(11(12,13)14)4-8(15)10(7)16/h2-4H,15-16H2,1H3. The van der Waals surface area contributed by atoms with Crippen LogP contribution in [-0.4, -0.2) is 5.16 Å². The summed E-state index contributed by atoms with van der Waals surface area (Å²) in [4.78, 5) is 0. The fourth-order valence-corrected chi connectivity index (χ4v) is 1.53. The van der Waals surface area contributed by atoms with Crippen LogP contribution in [0.2, 0.25) is 0 Å². The molecule has 4 N–H and O–H groups in total. The van der Waals surface area contributed by atoms with Crippen LogP contribution in [0.1, 0.15) is 11.3 Å². The lowest BCUT2D eigenvalue weighted by Gasteiger charge is -2.11. The van der Waals surface area contributed by atoms with Crippen molar-refractivity contribution in [2.75, 3.05) is 11.5 Å². The van der Waals surface area contributed by atoms with Crippen molar-refractivity contribution in [1.82, 2.24) is 5.16 Å². The van der Waals surface area contributed by atoms with Crippen molar-refractivity contribution in [1.29, 1.82) is 0 Å². The molecule has 0 unspecified atom stereocenters. The van der Waals surface area contributed by atoms with Crippen molar-refractivity contribution in [3.8, 4) is 11.3 Å². The van der Waals surface area contributed by atoms with Gasteiger partial charge in [-0.2, -0.15) is 13.2 Å². The van der Waals surface area contributed by atoms with E-state index in [0.717, 1.165) is 12.1 Å². The van der Waals surface area contributed by atoms with Gasteiger partial charge in [-0.15, -0.1) is 0 Å². The highest BCUT2D eigenvalue weighted by Crippen LogP contribution is 2.38. The SMILES string of the molecule is Cc1cc(-c2cc(C(F)(F)F)cc(N)c2N)on1. The van der Waals surface area contributed by atoms with E-state index in [0.29, 0.717) is 5.69 Å². The number of halogens is 3. The molecule has 0 bridgehead atoms. The number of nitrogen functional groups attached to an aromatic ring is 2. The number of hydrogen-bond acceptors (Lipinski definition) is 4. The Kier molecular flexibility index (Phi) is 2.68. The van der Waals surface area contributed by atoms with E-state index >= 15 is 0 Å². The first-order valence-corrected chi connectivity index (χ1v) is 4.99. The summed E-state index contributed by atoms with van der Waals surface area (Å²) in [7, 11) is 0. The Balaban J connectivity index is 2.63. The van der Waals surface area contributed by atoms with E-state index in [4.69, 9.17) is 16.0 Å². The topological polar surface area (TPSA) is 78.1 Å². The normalized spacial score (nSPS) is 11.8. The zero-order chi connectivity index (χ0) is 13.5. The van der Waals surface area contributed by atoms with Crippen molar-refractivity contribution in [2.45, 2.75) is 13.1 Å². The van der Waals surface area contributed by atoms with Crippen LogP contribution in [0.4, 0.5) is 24.5 Å². The van der Waals surface area contributed by atoms with Gasteiger partial charge in [0.1, 0.15) is 0 Å². The summed E-state index contributed by atoms with van der Waals surface area (Å²) in [6, 6.07) is 3.18. The molecule has 0 saturated heterocycles. The largest absolute Gasteiger partial charge is 0.416 e. The number of rotatable bonds is 1. The summed E-state index contributed by atoms with van der Waals surface area (Å²) in [5.41, 5.74) is 10.8. The zero-order valence-corrected chi connectivity index (χ0v) is 9.38. The Morgan fingerprint density at radius 2 is 1.83 bits per heavy atom. The highest BCUT2D eigenvalue weighted by Gasteiger charge is 2.32. The van der Waals surface area contributed by atoms with E-state index in [9.17, 15) is 13.2 Å². The van der Waals surface area contributed by atoms with E-state index in [1.165, 1.54) is 6.07 Å². The maximum atomic E-state index is 12.7. The first kappa shape index (κ1) is 12.3. The van der Waals surface area contributed by atoms with Crippen LogP contribution in [-0.2, 0) is 6.18 Å². The van der Waals surface area contributed by atoms with Crippen LogP contribution in [0.25, 0.3) is 11.3 Å². The lowest BCUT2D eigenvalue weighted by Crippen LogP contribution is -2.08. The van der Waals surface area contributed by atoms with Crippen molar-refractivity contribution in [2.24, 2.45) is 0 Å². The van der Waals surface area contributed by atoms with Crippen LogP contribution in [0.5, 0.6) is 0 Å². The molecule has 0 aliphatic rings. The number of alkyl halides is 3. The van der Waals surface area contributed by atoms with Crippen LogP contribution in [0.15, 0.2) is 22.7 Å². The molecule has 0 aliphatic carbocycles. The molecule has 0 fully saturated rings. The molecule has 0 radical (unpaired) electrons. The second-order valence-electron chi connectivity index (χ2n) is 3.86. The molecule has 18 heavy (non-hydrogen) atoms. The van der Waals surface area contributed by atoms with Gasteiger partial charge in [0, 0.05) is 11.6 Å². The molecule has 2 aromatic rings. The predicted molar refractivity (Wildman–Crippen MR) is 60.5 cm³/mol. The molecule has 1 heterocycles. The lowest BCUT2D eigenvalue weighted by molar-refractivity contribution is -0.137. The van der Waals surface area contributed by atoms with Gasteiger partial charge in [0.15, 0.2) is 5.76 Å². The van der Waals surface area contributed by atoms with Gasteiger partial charge < -0.3 is 16.0 Å². The van der Waals surface area contributed by atoms with Gasteiger partial charge in [-0.05, 0) is 19.1 Å². The number of anilines is 2. The number of hydrogen-bond donors (Lipinski definition) is 2. The minimum absolute atomic E-state index is 0.0409. The highest BCUT2D eigenvalue weighted by molar-refractivity contribution is 5.83. The molecule has 0 spiro atoms. The van der Waals surface area contributed by atoms with Crippen LogP contribution < -0.4 is 11.5 Å². The minimum atomic E-state index is -4.49. The van der Waals surface area contributed by atoms with Crippen molar-refractivity contribution in [3.05, 3.63) is 29.5 Å². The third-order valence-electron chi connectivity index (χ3n) is 2.43. The Morgan fingerprint density at radius 3 is 2.33 bits per heavy atom. The minimum Gasteiger partial charge on any atom is -0.397 e. The number of nitrogens with zero attached hydrogens (tertiary/aromatic N) is 1. The van der Waals surface area contributed by atoms with Gasteiger partial charge in [-0.3, -0.25) is 0 Å². The van der Waals surface area contributed by atoms with Crippen molar-refractivity contribution >= 4 is 11.4 Å². The molecule has 7 heteroatoms. The molecular formula is C11H10F3N3O. The Hall–Kier alpha value is -2.18. The second kappa shape index (κ2) is 3.94. The third kappa shape index (κ3) is 2.11. The predicted octanol–water partition coefficient (Wildman–Crippen LogP) is 2.83. The number of nitrogens with two attached hydrogens (primary N) is 2. The highest BCUT2D eigenvalue weighted by atomic mass is 19.4. The lowest BCUT2D eigenvalue weighted by atomic mass is 10.0. The molecule has 1 aromatic carbocycles. The van der Waals surface area contributed by atoms with Gasteiger partial charge in [0.05, 0.1) is 22.6 Å². The fraction of sp³-hybridized carbons (Fsp3) is 0.182. The Morgan fingerprint density at radius 1 is 1.17 bits per heavy atom. The smallest absolute Gasteiger partial charge is 0.397 e. The Labute approximate surface area is 100 Å². The van der Waals surface area contributed by atoms with E-state index in [1.807, 2.05) is 0 Å². The van der Waals surface area contributed by atoms with E-state index in [2.05, 4.69) is 5.16 Å². The second-order valence-corrected chi connectivity index (χ2v) is 3.86. The fourth-order valence-electron chi connectivity index (χ4n) is 1.53. The van der Waals surface area contributed by atoms with Crippen LogP contribution in [0.3, 0.4) is 0 Å². The number of benzene rings is 1. The average Bonchev–Trinajstić information content (AvgIpc) is 2.67. The molecule has 4 nitrogen and oxygen atoms in total. The molecule has 2 rings (SSSR count). The van der Waals surface area contributed by atoms with Gasteiger partial charge in [-0.25, -0.2) is 0 Å². The maximum Gasteiger partial charge on any atom is 0.416 e. The van der Waals surface area contributed by atoms with Crippen LogP contribution in [0, 0.1) is 6.92 Å². The quantitative estimate of drug-likeness (QED) is 0.770. The average molecular weight is 257 g/mol. The van der Waals surface area contributed by atoms with E-state index in [1.54, 1.807) is 6.92 Å². The summed E-state index contributed by atoms with van der Waals surface area (Å²) >= 11 is 0. The molecule has 0 atom stereocenters. The van der Waals surface area contributed by atoms with Gasteiger partial charge >= 0.3 is 6.18 Å². The molecular weight excluding hydrogens is 247 g/mol. The summed E-state index contributed by atoms with van der Waals surface area (Å²) in [6.45, 7) is 1.65. The molecule has 96 valence electrons. The van der Waals surface area contributed by atoms with Crippen molar-refractivity contribution in [3.63, 3.8) is 0 Å². The van der Waals surface area contributed by atoms with E-state index < -0.39 is 11.7 Å². The van der Waals surface area contributed by atoms with Gasteiger partial charge in [-0.1, -0.05) is 5.16 Å². The monoisotopic (exact) mass is 257 g/mol. The molecule has 0 saturated carbocycles. The van der Waals surface area contributed by atoms with Gasteiger partial charge in [0.25, 0.3) is 0 Å². The summed E-state index contributed by atoms with van der Waals surface area (Å²) in [5.74, 6) is 0.155. The zero-order valence-electron chi connectivity index (χ0n) is 9.38. The molecule has 0 amide bonds. The summed E-state index contributed by atoms with van der Waals surface area (Å²) in [6.07, 6.45) is -4.49. The molecule has 1 aromatic heterocycles. The van der Waals surface area contributed by atoms with Gasteiger partial charge in [0.2, 0.25) is 0 Å². The van der Waals surface area contributed by atoms with E-state index in [-0.39, 0.29) is 22.7 Å². The maximum absolute atomic E-state index is 12.7. The number of aromatic nitrogens is 1. The van der Waals surface area contributed by atoms with Crippen molar-refractivity contribution < 1.29 is 17.7 Å². The summed E-state index contributed by atoms with van der Waals surface area (Å²) in [5, 5.41) is 3.60. The first-order valence-electron chi connectivity index (χ1n) is 4.99. The Bertz CT molecular complexity index is 590. The first-order chi connectivity index (χ1) is 8.29. The van der Waals surface area contributed by atoms with Crippen LogP contribution >= 0.6 is 0 Å². The summed E-state index contributed by atoms with van der Waals surface area (Å²) < 4.78 is 42.9. The third-order valence-corrected chi connectivity index (χ3v) is 2.43.